The number of H-pyrrole nitrogens is 1. The molecule has 0 saturated carbocycles. The highest BCUT2D eigenvalue weighted by atomic mass is 19.1. The van der Waals surface area contributed by atoms with Gasteiger partial charge in [0.15, 0.2) is 16.8 Å². The molecular formula is C10H12FN5O3. The van der Waals surface area contributed by atoms with E-state index in [1.807, 2.05) is 0 Å². The summed E-state index contributed by atoms with van der Waals surface area (Å²) in [5.41, 5.74) is 3.56. The maximum atomic E-state index is 13.9. The molecule has 9 heteroatoms. The molecule has 1 aliphatic rings. The summed E-state index contributed by atoms with van der Waals surface area (Å²) in [5, 5.41) is 8.97. The number of aromatic nitrogens is 4. The van der Waals surface area contributed by atoms with Crippen molar-refractivity contribution in [3.05, 3.63) is 16.7 Å². The molecule has 2 aromatic rings. The Balaban J connectivity index is 2.05. The van der Waals surface area contributed by atoms with Crippen molar-refractivity contribution < 1.29 is 14.2 Å². The van der Waals surface area contributed by atoms with Crippen LogP contribution in [-0.2, 0) is 4.74 Å². The van der Waals surface area contributed by atoms with Crippen LogP contribution in [0.15, 0.2) is 11.1 Å². The minimum atomic E-state index is -1.78. The van der Waals surface area contributed by atoms with Crippen LogP contribution in [0, 0.1) is 0 Å². The number of anilines is 1. The first-order valence-corrected chi connectivity index (χ1v) is 5.66. The summed E-state index contributed by atoms with van der Waals surface area (Å²) in [4.78, 5) is 21.8. The predicted octanol–water partition coefficient (Wildman–Crippen LogP) is -0.679. The van der Waals surface area contributed by atoms with E-state index < -0.39 is 24.1 Å². The molecule has 1 fully saturated rings. The van der Waals surface area contributed by atoms with Gasteiger partial charge in [-0.15, -0.1) is 0 Å². The van der Waals surface area contributed by atoms with E-state index in [0.717, 1.165) is 0 Å². The Morgan fingerprint density at radius 1 is 1.74 bits per heavy atom. The van der Waals surface area contributed by atoms with E-state index in [1.54, 1.807) is 0 Å². The van der Waals surface area contributed by atoms with Gasteiger partial charge in [0.25, 0.3) is 5.56 Å². The van der Waals surface area contributed by atoms with E-state index in [0.29, 0.717) is 0 Å². The van der Waals surface area contributed by atoms with Gasteiger partial charge in [-0.2, -0.15) is 4.98 Å². The van der Waals surface area contributed by atoms with Gasteiger partial charge in [0.2, 0.25) is 5.95 Å². The summed E-state index contributed by atoms with van der Waals surface area (Å²) in [6.07, 6.45) is 0.638. The molecule has 8 nitrogen and oxygen atoms in total. The molecule has 0 aliphatic carbocycles. The average molecular weight is 269 g/mol. The van der Waals surface area contributed by atoms with E-state index in [2.05, 4.69) is 15.0 Å². The van der Waals surface area contributed by atoms with Gasteiger partial charge in [0, 0.05) is 6.42 Å². The number of nitrogen functional groups attached to an aromatic ring is 1. The molecule has 2 atom stereocenters. The fraction of sp³-hybridized carbons (Fsp3) is 0.500. The van der Waals surface area contributed by atoms with Crippen LogP contribution in [0.25, 0.3) is 11.2 Å². The monoisotopic (exact) mass is 269 g/mol. The number of ether oxygens (including phenoxy) is 1. The Morgan fingerprint density at radius 2 is 2.53 bits per heavy atom. The number of fused-ring (bicyclic) bond motifs is 1. The van der Waals surface area contributed by atoms with Crippen LogP contribution >= 0.6 is 0 Å². The Hall–Kier alpha value is -2.00. The molecule has 102 valence electrons. The Kier molecular flexibility index (Phi) is 2.54. The minimum absolute atomic E-state index is 0.0383. The SMILES string of the molecule is Nc1nc2c(ncn2[C@H]2C[C@@](F)(CO)CO2)c(=O)[nH]1. The smallest absolute Gasteiger partial charge is 0.280 e. The molecule has 0 unspecified atom stereocenters. The lowest BCUT2D eigenvalue weighted by molar-refractivity contribution is 0.0302. The highest BCUT2D eigenvalue weighted by Gasteiger charge is 2.41. The Labute approximate surface area is 106 Å². The highest BCUT2D eigenvalue weighted by molar-refractivity contribution is 5.70. The number of aromatic amines is 1. The summed E-state index contributed by atoms with van der Waals surface area (Å²) in [5.74, 6) is -0.0501. The largest absolute Gasteiger partial charge is 0.393 e. The normalized spacial score (nSPS) is 27.2. The van der Waals surface area contributed by atoms with E-state index >= 15 is 0 Å². The van der Waals surface area contributed by atoms with Crippen LogP contribution < -0.4 is 11.3 Å². The number of rotatable bonds is 2. The molecule has 3 heterocycles. The summed E-state index contributed by atoms with van der Waals surface area (Å²) >= 11 is 0. The lowest BCUT2D eigenvalue weighted by Crippen LogP contribution is -2.27. The molecule has 1 aliphatic heterocycles. The van der Waals surface area contributed by atoms with Crippen molar-refractivity contribution in [2.75, 3.05) is 18.9 Å². The van der Waals surface area contributed by atoms with E-state index in [9.17, 15) is 9.18 Å². The zero-order valence-electron chi connectivity index (χ0n) is 9.84. The molecular weight excluding hydrogens is 257 g/mol. The van der Waals surface area contributed by atoms with Gasteiger partial charge in [-0.3, -0.25) is 14.3 Å². The first-order valence-electron chi connectivity index (χ1n) is 5.66. The number of alkyl halides is 1. The molecule has 0 amide bonds. The maximum Gasteiger partial charge on any atom is 0.280 e. The van der Waals surface area contributed by atoms with Gasteiger partial charge < -0.3 is 15.6 Å². The molecule has 0 aromatic carbocycles. The number of hydrogen-bond donors (Lipinski definition) is 3. The number of aliphatic hydroxyl groups excluding tert-OH is 1. The van der Waals surface area contributed by atoms with Crippen LogP contribution in [0.4, 0.5) is 10.3 Å². The summed E-state index contributed by atoms with van der Waals surface area (Å²) in [6.45, 7) is -0.835. The topological polar surface area (TPSA) is 119 Å². The highest BCUT2D eigenvalue weighted by Crippen LogP contribution is 2.34. The van der Waals surface area contributed by atoms with Crippen LogP contribution in [0.2, 0.25) is 0 Å². The molecule has 1 saturated heterocycles. The molecule has 0 spiro atoms. The van der Waals surface area contributed by atoms with Crippen molar-refractivity contribution in [1.82, 2.24) is 19.5 Å². The second kappa shape index (κ2) is 4.00. The number of aliphatic hydroxyl groups is 1. The number of hydrogen-bond acceptors (Lipinski definition) is 6. The van der Waals surface area contributed by atoms with E-state index in [1.165, 1.54) is 10.9 Å². The zero-order valence-corrected chi connectivity index (χ0v) is 9.84. The zero-order chi connectivity index (χ0) is 13.6. The average Bonchev–Trinajstić information content (AvgIpc) is 2.94. The molecule has 0 bridgehead atoms. The quantitative estimate of drug-likeness (QED) is 0.664. The lowest BCUT2D eigenvalue weighted by atomic mass is 10.1. The number of nitrogens with one attached hydrogen (secondary N) is 1. The number of halogens is 1. The lowest BCUT2D eigenvalue weighted by Gasteiger charge is -2.14. The van der Waals surface area contributed by atoms with Crippen molar-refractivity contribution in [3.8, 4) is 0 Å². The van der Waals surface area contributed by atoms with Gasteiger partial charge >= 0.3 is 0 Å². The third-order valence-electron chi connectivity index (χ3n) is 3.12. The molecule has 2 aromatic heterocycles. The molecule has 3 rings (SSSR count). The minimum Gasteiger partial charge on any atom is -0.393 e. The van der Waals surface area contributed by atoms with Crippen molar-refractivity contribution >= 4 is 17.1 Å². The summed E-state index contributed by atoms with van der Waals surface area (Å²) in [7, 11) is 0. The maximum absolute atomic E-state index is 13.9. The number of imidazole rings is 1. The van der Waals surface area contributed by atoms with Gasteiger partial charge in [-0.05, 0) is 0 Å². The molecule has 4 N–H and O–H groups in total. The van der Waals surface area contributed by atoms with Crippen LogP contribution in [0.3, 0.4) is 0 Å². The van der Waals surface area contributed by atoms with E-state index in [-0.39, 0.29) is 30.1 Å². The van der Waals surface area contributed by atoms with E-state index in [4.69, 9.17) is 15.6 Å². The Morgan fingerprint density at radius 3 is 3.21 bits per heavy atom. The third kappa shape index (κ3) is 1.87. The van der Waals surface area contributed by atoms with Gasteiger partial charge in [-0.25, -0.2) is 9.37 Å². The first-order chi connectivity index (χ1) is 9.02. The predicted molar refractivity (Wildman–Crippen MR) is 63.1 cm³/mol. The van der Waals surface area contributed by atoms with Crippen molar-refractivity contribution in [1.29, 1.82) is 0 Å². The standard InChI is InChI=1S/C10H12FN5O3/c11-10(2-17)1-5(19-3-10)16-4-13-6-7(16)14-9(12)15-8(6)18/h4-5,17H,1-3H2,(H3,12,14,15,18)/t5-,10-/m1/s1. The molecule has 0 radical (unpaired) electrons. The number of nitrogens with zero attached hydrogens (tertiary/aromatic N) is 3. The summed E-state index contributed by atoms with van der Waals surface area (Å²) < 4.78 is 20.6. The van der Waals surface area contributed by atoms with Crippen LogP contribution in [0.1, 0.15) is 12.6 Å². The third-order valence-corrected chi connectivity index (χ3v) is 3.12. The summed E-state index contributed by atoms with van der Waals surface area (Å²) in [6, 6.07) is 0. The van der Waals surface area contributed by atoms with Crippen LogP contribution in [-0.4, -0.2) is 43.5 Å². The Bertz CT molecular complexity index is 683. The fourth-order valence-electron chi connectivity index (χ4n) is 2.12. The number of nitrogens with two attached hydrogens (primary N) is 1. The van der Waals surface area contributed by atoms with Gasteiger partial charge in [-0.1, -0.05) is 0 Å². The van der Waals surface area contributed by atoms with Crippen molar-refractivity contribution in [2.45, 2.75) is 18.3 Å². The van der Waals surface area contributed by atoms with Crippen molar-refractivity contribution in [2.24, 2.45) is 0 Å². The second-order valence-corrected chi connectivity index (χ2v) is 4.55. The van der Waals surface area contributed by atoms with Crippen molar-refractivity contribution in [3.63, 3.8) is 0 Å². The fourth-order valence-corrected chi connectivity index (χ4v) is 2.12. The van der Waals surface area contributed by atoms with Gasteiger partial charge in [0.05, 0.1) is 19.5 Å². The van der Waals surface area contributed by atoms with Gasteiger partial charge in [0.1, 0.15) is 6.23 Å². The van der Waals surface area contributed by atoms with Crippen LogP contribution in [0.5, 0.6) is 0 Å². The second-order valence-electron chi connectivity index (χ2n) is 4.55. The molecule has 19 heavy (non-hydrogen) atoms. The first kappa shape index (κ1) is 12.1.